The molecule has 0 radical (unpaired) electrons. The summed E-state index contributed by atoms with van der Waals surface area (Å²) in [5.41, 5.74) is -0.457. The molecule has 1 saturated heterocycles. The van der Waals surface area contributed by atoms with Gasteiger partial charge in [0.05, 0.1) is 0 Å². The summed E-state index contributed by atoms with van der Waals surface area (Å²) in [4.78, 5) is 15.9. The summed E-state index contributed by atoms with van der Waals surface area (Å²) in [5.74, 6) is 0. The predicted octanol–water partition coefficient (Wildman–Crippen LogP) is 2.43. The molecular weight excluding hydrogens is 247 g/mol. The fraction of sp³-hybridized carbons (Fsp3) is 0.929. The van der Waals surface area contributed by atoms with Crippen LogP contribution >= 0.6 is 0 Å². The molecule has 2 atom stereocenters. The Bertz CT molecular complexity index is 330. The molecule has 2 rings (SSSR count). The van der Waals surface area contributed by atoms with Crippen LogP contribution in [0.2, 0.25) is 0 Å². The Balaban J connectivity index is 1.84. The third-order valence-corrected chi connectivity index (χ3v) is 3.81. The minimum atomic E-state index is -0.673. The molecule has 1 aliphatic carbocycles. The Hall–Kier alpha value is -0.840. The summed E-state index contributed by atoms with van der Waals surface area (Å²) in [7, 11) is 0. The topological polar surface area (TPSA) is 32.8 Å². The van der Waals surface area contributed by atoms with Crippen molar-refractivity contribution in [1.29, 1.82) is 0 Å². The number of alkyl halides is 1. The number of nitrogens with zero attached hydrogens (tertiary/aromatic N) is 2. The van der Waals surface area contributed by atoms with Gasteiger partial charge in [-0.25, -0.2) is 9.18 Å². The standard InChI is InChI=1S/C14H25FN2O2/c1-14(2,3)19-13(18)17-8-4-7-16(9-10-17)12-6-5-11(12)15/h11-12H,4-10H2,1-3H3. The maximum absolute atomic E-state index is 13.4. The number of carbonyl (C=O) groups is 1. The van der Waals surface area contributed by atoms with Gasteiger partial charge in [-0.1, -0.05) is 0 Å². The van der Waals surface area contributed by atoms with E-state index in [0.29, 0.717) is 19.5 Å². The lowest BCUT2D eigenvalue weighted by atomic mass is 9.89. The molecule has 1 heterocycles. The second-order valence-electron chi connectivity index (χ2n) is 6.52. The highest BCUT2D eigenvalue weighted by molar-refractivity contribution is 5.68. The molecular formula is C14H25FN2O2. The largest absolute Gasteiger partial charge is 0.444 e. The average molecular weight is 272 g/mol. The van der Waals surface area contributed by atoms with E-state index in [1.807, 2.05) is 20.8 Å². The van der Waals surface area contributed by atoms with E-state index in [0.717, 1.165) is 25.9 Å². The predicted molar refractivity (Wildman–Crippen MR) is 71.9 cm³/mol. The Morgan fingerprint density at radius 3 is 2.42 bits per heavy atom. The molecule has 110 valence electrons. The van der Waals surface area contributed by atoms with E-state index in [1.54, 1.807) is 4.90 Å². The number of hydrogen-bond donors (Lipinski definition) is 0. The van der Waals surface area contributed by atoms with Crippen molar-refractivity contribution in [2.75, 3.05) is 26.2 Å². The molecule has 0 bridgehead atoms. The molecule has 1 saturated carbocycles. The van der Waals surface area contributed by atoms with Gasteiger partial charge in [-0.05, 0) is 40.0 Å². The van der Waals surface area contributed by atoms with E-state index in [-0.39, 0.29) is 12.1 Å². The maximum Gasteiger partial charge on any atom is 0.410 e. The van der Waals surface area contributed by atoms with Gasteiger partial charge < -0.3 is 9.64 Å². The van der Waals surface area contributed by atoms with Gasteiger partial charge >= 0.3 is 6.09 Å². The first-order valence-corrected chi connectivity index (χ1v) is 7.23. The van der Waals surface area contributed by atoms with Crippen molar-refractivity contribution in [2.45, 2.75) is 57.8 Å². The molecule has 0 aromatic carbocycles. The summed E-state index contributed by atoms with van der Waals surface area (Å²) >= 11 is 0. The van der Waals surface area contributed by atoms with E-state index in [9.17, 15) is 9.18 Å². The lowest BCUT2D eigenvalue weighted by molar-refractivity contribution is 0.0214. The van der Waals surface area contributed by atoms with Gasteiger partial charge in [-0.15, -0.1) is 0 Å². The van der Waals surface area contributed by atoms with Gasteiger partial charge in [0.1, 0.15) is 11.8 Å². The second-order valence-corrected chi connectivity index (χ2v) is 6.52. The van der Waals surface area contributed by atoms with E-state index >= 15 is 0 Å². The van der Waals surface area contributed by atoms with E-state index in [1.165, 1.54) is 0 Å². The molecule has 1 aliphatic heterocycles. The molecule has 5 heteroatoms. The first-order chi connectivity index (χ1) is 8.87. The van der Waals surface area contributed by atoms with Crippen molar-refractivity contribution in [3.63, 3.8) is 0 Å². The summed E-state index contributed by atoms with van der Waals surface area (Å²) in [6.45, 7) is 8.59. The van der Waals surface area contributed by atoms with Crippen molar-refractivity contribution in [2.24, 2.45) is 0 Å². The minimum Gasteiger partial charge on any atom is -0.444 e. The maximum atomic E-state index is 13.4. The Morgan fingerprint density at radius 1 is 1.16 bits per heavy atom. The summed E-state index contributed by atoms with van der Waals surface area (Å²) in [5, 5.41) is 0. The van der Waals surface area contributed by atoms with Crippen LogP contribution in [0.1, 0.15) is 40.0 Å². The van der Waals surface area contributed by atoms with Crippen molar-refractivity contribution >= 4 is 6.09 Å². The highest BCUT2D eigenvalue weighted by atomic mass is 19.1. The van der Waals surface area contributed by atoms with Crippen LogP contribution in [-0.4, -0.2) is 59.9 Å². The molecule has 2 fully saturated rings. The number of amides is 1. The van der Waals surface area contributed by atoms with Crippen LogP contribution < -0.4 is 0 Å². The lowest BCUT2D eigenvalue weighted by Crippen LogP contribution is -2.50. The molecule has 19 heavy (non-hydrogen) atoms. The minimum absolute atomic E-state index is 0.0820. The van der Waals surface area contributed by atoms with Crippen LogP contribution in [0, 0.1) is 0 Å². The van der Waals surface area contributed by atoms with Gasteiger partial charge in [0.15, 0.2) is 0 Å². The van der Waals surface area contributed by atoms with Gasteiger partial charge in [-0.3, -0.25) is 4.90 Å². The molecule has 0 aromatic heterocycles. The molecule has 0 aromatic rings. The zero-order chi connectivity index (χ0) is 14.0. The third kappa shape index (κ3) is 3.81. The van der Waals surface area contributed by atoms with E-state index < -0.39 is 11.8 Å². The highest BCUT2D eigenvalue weighted by Crippen LogP contribution is 2.29. The molecule has 2 unspecified atom stereocenters. The van der Waals surface area contributed by atoms with Gasteiger partial charge in [0.25, 0.3) is 0 Å². The summed E-state index contributed by atoms with van der Waals surface area (Å²) in [6, 6.07) is 0.0820. The van der Waals surface area contributed by atoms with Gasteiger partial charge in [0.2, 0.25) is 0 Å². The van der Waals surface area contributed by atoms with Crippen molar-refractivity contribution in [3.8, 4) is 0 Å². The molecule has 2 aliphatic rings. The highest BCUT2D eigenvalue weighted by Gasteiger charge is 2.36. The smallest absolute Gasteiger partial charge is 0.410 e. The van der Waals surface area contributed by atoms with Crippen LogP contribution in [0.15, 0.2) is 0 Å². The number of rotatable bonds is 1. The summed E-state index contributed by atoms with van der Waals surface area (Å²) < 4.78 is 18.8. The zero-order valence-corrected chi connectivity index (χ0v) is 12.2. The third-order valence-electron chi connectivity index (χ3n) is 3.81. The number of carbonyl (C=O) groups excluding carboxylic acids is 1. The van der Waals surface area contributed by atoms with Gasteiger partial charge in [0, 0.05) is 32.2 Å². The molecule has 1 amide bonds. The normalized spacial score (nSPS) is 29.6. The first kappa shape index (κ1) is 14.6. The van der Waals surface area contributed by atoms with E-state index in [2.05, 4.69) is 4.90 Å². The fourth-order valence-electron chi connectivity index (χ4n) is 2.63. The summed E-state index contributed by atoms with van der Waals surface area (Å²) in [6.07, 6.45) is 1.61. The molecule has 0 N–H and O–H groups in total. The van der Waals surface area contributed by atoms with Crippen molar-refractivity contribution in [1.82, 2.24) is 9.80 Å². The van der Waals surface area contributed by atoms with Crippen LogP contribution in [0.5, 0.6) is 0 Å². The quantitative estimate of drug-likeness (QED) is 0.735. The first-order valence-electron chi connectivity index (χ1n) is 7.23. The van der Waals surface area contributed by atoms with Crippen molar-refractivity contribution in [3.05, 3.63) is 0 Å². The second kappa shape index (κ2) is 5.65. The van der Waals surface area contributed by atoms with Crippen LogP contribution in [0.4, 0.5) is 9.18 Å². The Morgan fingerprint density at radius 2 is 1.89 bits per heavy atom. The molecule has 0 spiro atoms. The Labute approximate surface area is 114 Å². The average Bonchev–Trinajstić information content (AvgIpc) is 2.51. The van der Waals surface area contributed by atoms with Crippen LogP contribution in [0.25, 0.3) is 0 Å². The lowest BCUT2D eigenvalue weighted by Gasteiger charge is -2.39. The van der Waals surface area contributed by atoms with Crippen LogP contribution in [-0.2, 0) is 4.74 Å². The van der Waals surface area contributed by atoms with Crippen molar-refractivity contribution < 1.29 is 13.9 Å². The fourth-order valence-corrected chi connectivity index (χ4v) is 2.63. The SMILES string of the molecule is CC(C)(C)OC(=O)N1CCCN(C2CCC2F)CC1. The number of halogens is 1. The Kier molecular flexibility index (Phi) is 4.33. The zero-order valence-electron chi connectivity index (χ0n) is 12.2. The van der Waals surface area contributed by atoms with E-state index in [4.69, 9.17) is 4.74 Å². The molecule has 4 nitrogen and oxygen atoms in total. The number of hydrogen-bond acceptors (Lipinski definition) is 3. The van der Waals surface area contributed by atoms with Crippen LogP contribution in [0.3, 0.4) is 0 Å². The van der Waals surface area contributed by atoms with Gasteiger partial charge in [-0.2, -0.15) is 0 Å². The monoisotopic (exact) mass is 272 g/mol. The number of ether oxygens (including phenoxy) is 1.